The maximum atomic E-state index is 4.47. The Kier molecular flexibility index (Phi) is 8.55. The van der Waals surface area contributed by atoms with Crippen molar-refractivity contribution in [1.29, 1.82) is 0 Å². The lowest BCUT2D eigenvalue weighted by molar-refractivity contribution is 0.449. The van der Waals surface area contributed by atoms with Crippen molar-refractivity contribution in [2.24, 2.45) is 7.05 Å². The van der Waals surface area contributed by atoms with Gasteiger partial charge in [0.2, 0.25) is 0 Å². The Morgan fingerprint density at radius 3 is 2.37 bits per heavy atom. The monoisotopic (exact) mass is 265 g/mol. The van der Waals surface area contributed by atoms with Gasteiger partial charge in [-0.25, -0.2) is 4.98 Å². The van der Waals surface area contributed by atoms with E-state index in [9.17, 15) is 0 Å². The molecule has 0 radical (unpaired) electrons. The summed E-state index contributed by atoms with van der Waals surface area (Å²) in [7, 11) is 2.08. The van der Waals surface area contributed by atoms with Gasteiger partial charge in [0, 0.05) is 19.4 Å². The Balaban J connectivity index is 2.22. The molecule has 0 saturated heterocycles. The minimum absolute atomic E-state index is 0.417. The zero-order valence-corrected chi connectivity index (χ0v) is 13.0. The van der Waals surface area contributed by atoms with Crippen LogP contribution in [0.15, 0.2) is 12.4 Å². The molecule has 110 valence electrons. The highest BCUT2D eigenvalue weighted by Gasteiger charge is 2.13. The number of imidazole rings is 1. The Labute approximate surface area is 118 Å². The molecule has 0 amide bonds. The van der Waals surface area contributed by atoms with Crippen LogP contribution in [0.5, 0.6) is 0 Å². The molecule has 1 heterocycles. The molecule has 3 heteroatoms. The number of hydrogen-bond donors (Lipinski definition) is 1. The first kappa shape index (κ1) is 16.2. The van der Waals surface area contributed by atoms with Gasteiger partial charge in [-0.05, 0) is 13.0 Å². The second-order valence-electron chi connectivity index (χ2n) is 5.42. The van der Waals surface area contributed by atoms with Crippen molar-refractivity contribution in [1.82, 2.24) is 14.9 Å². The highest BCUT2D eigenvalue weighted by Crippen LogP contribution is 2.18. The molecule has 0 aliphatic carbocycles. The normalized spacial score (nSPS) is 12.8. The molecule has 1 rings (SSSR count). The van der Waals surface area contributed by atoms with Crippen molar-refractivity contribution < 1.29 is 0 Å². The summed E-state index contributed by atoms with van der Waals surface area (Å²) in [5, 5.41) is 3.55. The van der Waals surface area contributed by atoms with Gasteiger partial charge in [0.05, 0.1) is 6.04 Å². The van der Waals surface area contributed by atoms with E-state index in [2.05, 4.69) is 35.8 Å². The second-order valence-corrected chi connectivity index (χ2v) is 5.42. The fourth-order valence-corrected chi connectivity index (χ4v) is 2.59. The van der Waals surface area contributed by atoms with Crippen LogP contribution in [0.3, 0.4) is 0 Å². The van der Waals surface area contributed by atoms with E-state index in [1.807, 2.05) is 12.4 Å². The van der Waals surface area contributed by atoms with Gasteiger partial charge in [-0.15, -0.1) is 0 Å². The molecule has 0 aliphatic heterocycles. The van der Waals surface area contributed by atoms with Crippen molar-refractivity contribution in [2.75, 3.05) is 6.54 Å². The standard InChI is InChI=1S/C16H31N3/c1-4-6-7-8-9-10-11-12-15(17-5-2)16-18-13-14-19(16)3/h13-15,17H,4-12H2,1-3H3. The van der Waals surface area contributed by atoms with E-state index < -0.39 is 0 Å². The molecule has 1 aromatic rings. The molecule has 19 heavy (non-hydrogen) atoms. The first-order valence-corrected chi connectivity index (χ1v) is 8.00. The summed E-state index contributed by atoms with van der Waals surface area (Å²) in [5.41, 5.74) is 0. The molecule has 0 bridgehead atoms. The van der Waals surface area contributed by atoms with Crippen molar-refractivity contribution in [3.8, 4) is 0 Å². The van der Waals surface area contributed by atoms with E-state index in [0.717, 1.165) is 6.54 Å². The Bertz CT molecular complexity index is 320. The lowest BCUT2D eigenvalue weighted by Crippen LogP contribution is -2.23. The average molecular weight is 265 g/mol. The lowest BCUT2D eigenvalue weighted by Gasteiger charge is -2.17. The van der Waals surface area contributed by atoms with Crippen molar-refractivity contribution >= 4 is 0 Å². The maximum absolute atomic E-state index is 4.47. The summed E-state index contributed by atoms with van der Waals surface area (Å²) in [6.07, 6.45) is 14.7. The summed E-state index contributed by atoms with van der Waals surface area (Å²) >= 11 is 0. The predicted molar refractivity (Wildman–Crippen MR) is 82.2 cm³/mol. The number of nitrogens with one attached hydrogen (secondary N) is 1. The third-order valence-electron chi connectivity index (χ3n) is 3.72. The summed E-state index contributed by atoms with van der Waals surface area (Å²) < 4.78 is 2.13. The SMILES string of the molecule is CCCCCCCCCC(NCC)c1nccn1C. The minimum atomic E-state index is 0.417. The van der Waals surface area contributed by atoms with Crippen molar-refractivity contribution in [2.45, 2.75) is 71.3 Å². The van der Waals surface area contributed by atoms with Crippen LogP contribution in [0.4, 0.5) is 0 Å². The summed E-state index contributed by atoms with van der Waals surface area (Å²) in [6, 6.07) is 0.417. The van der Waals surface area contributed by atoms with Gasteiger partial charge in [0.15, 0.2) is 0 Å². The number of nitrogens with zero attached hydrogens (tertiary/aromatic N) is 2. The molecule has 0 fully saturated rings. The van der Waals surface area contributed by atoms with Gasteiger partial charge in [-0.3, -0.25) is 0 Å². The van der Waals surface area contributed by atoms with Crippen LogP contribution < -0.4 is 5.32 Å². The molecule has 0 aromatic carbocycles. The van der Waals surface area contributed by atoms with Crippen LogP contribution >= 0.6 is 0 Å². The number of aryl methyl sites for hydroxylation is 1. The highest BCUT2D eigenvalue weighted by atomic mass is 15.1. The molecule has 0 aliphatic rings. The summed E-state index contributed by atoms with van der Waals surface area (Å²) in [6.45, 7) is 5.45. The Morgan fingerprint density at radius 1 is 1.11 bits per heavy atom. The van der Waals surface area contributed by atoms with Gasteiger partial charge in [0.25, 0.3) is 0 Å². The summed E-state index contributed by atoms with van der Waals surface area (Å²) in [5.74, 6) is 1.17. The molecular formula is C16H31N3. The molecule has 3 nitrogen and oxygen atoms in total. The topological polar surface area (TPSA) is 29.9 Å². The number of rotatable bonds is 11. The number of aromatic nitrogens is 2. The van der Waals surface area contributed by atoms with E-state index in [1.165, 1.54) is 57.2 Å². The number of unbranched alkanes of at least 4 members (excludes halogenated alkanes) is 6. The van der Waals surface area contributed by atoms with Crippen LogP contribution in [-0.4, -0.2) is 16.1 Å². The van der Waals surface area contributed by atoms with Gasteiger partial charge >= 0.3 is 0 Å². The third-order valence-corrected chi connectivity index (χ3v) is 3.72. The number of hydrogen-bond acceptors (Lipinski definition) is 2. The van der Waals surface area contributed by atoms with Crippen LogP contribution in [0.25, 0.3) is 0 Å². The fraction of sp³-hybridized carbons (Fsp3) is 0.812. The van der Waals surface area contributed by atoms with E-state index in [4.69, 9.17) is 0 Å². The first-order chi connectivity index (χ1) is 9.29. The zero-order valence-electron chi connectivity index (χ0n) is 13.0. The lowest BCUT2D eigenvalue weighted by atomic mass is 10.0. The fourth-order valence-electron chi connectivity index (χ4n) is 2.59. The molecule has 0 spiro atoms. The van der Waals surface area contributed by atoms with E-state index >= 15 is 0 Å². The van der Waals surface area contributed by atoms with E-state index in [1.54, 1.807) is 0 Å². The van der Waals surface area contributed by atoms with Crippen LogP contribution in [0.2, 0.25) is 0 Å². The Hall–Kier alpha value is -0.830. The van der Waals surface area contributed by atoms with Crippen LogP contribution in [0, 0.1) is 0 Å². The smallest absolute Gasteiger partial charge is 0.125 e. The molecule has 1 unspecified atom stereocenters. The zero-order chi connectivity index (χ0) is 13.9. The van der Waals surface area contributed by atoms with E-state index in [0.29, 0.717) is 6.04 Å². The molecule has 1 aromatic heterocycles. The van der Waals surface area contributed by atoms with Gasteiger partial charge in [-0.2, -0.15) is 0 Å². The Morgan fingerprint density at radius 2 is 1.79 bits per heavy atom. The second kappa shape index (κ2) is 10.0. The average Bonchev–Trinajstić information content (AvgIpc) is 2.82. The van der Waals surface area contributed by atoms with Gasteiger partial charge < -0.3 is 9.88 Å². The van der Waals surface area contributed by atoms with Crippen LogP contribution in [0.1, 0.15) is 77.1 Å². The van der Waals surface area contributed by atoms with Crippen LogP contribution in [-0.2, 0) is 7.05 Å². The molecular weight excluding hydrogens is 234 g/mol. The van der Waals surface area contributed by atoms with Crippen molar-refractivity contribution in [3.63, 3.8) is 0 Å². The third kappa shape index (κ3) is 6.24. The molecule has 1 N–H and O–H groups in total. The highest BCUT2D eigenvalue weighted by molar-refractivity contribution is 4.98. The quantitative estimate of drug-likeness (QED) is 0.607. The largest absolute Gasteiger partial charge is 0.337 e. The predicted octanol–water partition coefficient (Wildman–Crippen LogP) is 4.21. The van der Waals surface area contributed by atoms with Crippen molar-refractivity contribution in [3.05, 3.63) is 18.2 Å². The van der Waals surface area contributed by atoms with Gasteiger partial charge in [0.1, 0.15) is 5.82 Å². The minimum Gasteiger partial charge on any atom is -0.337 e. The summed E-state index contributed by atoms with van der Waals surface area (Å²) in [4.78, 5) is 4.47. The van der Waals surface area contributed by atoms with E-state index in [-0.39, 0.29) is 0 Å². The molecule has 0 saturated carbocycles. The first-order valence-electron chi connectivity index (χ1n) is 8.00. The van der Waals surface area contributed by atoms with Gasteiger partial charge in [-0.1, -0.05) is 58.8 Å². The molecule has 1 atom stereocenters. The maximum Gasteiger partial charge on any atom is 0.125 e.